The molecule has 4 aromatic carbocycles. The van der Waals surface area contributed by atoms with Gasteiger partial charge in [-0.15, -0.1) is 0 Å². The average Bonchev–Trinajstić information content (AvgIpc) is 3.25. The van der Waals surface area contributed by atoms with Crippen LogP contribution in [-0.2, 0) is 0 Å². The molecule has 6 heteroatoms. The molecule has 0 aromatic heterocycles. The highest BCUT2D eigenvalue weighted by atomic mass is 32.1. The van der Waals surface area contributed by atoms with Gasteiger partial charge in [0.15, 0.2) is 0 Å². The van der Waals surface area contributed by atoms with E-state index in [1.807, 2.05) is 48.5 Å². The average molecular weight is 589 g/mol. The number of rotatable bonds is 5. The van der Waals surface area contributed by atoms with E-state index in [2.05, 4.69) is 92.1 Å². The molecule has 2 aliphatic heterocycles. The topological polar surface area (TPSA) is 48.8 Å². The molecule has 2 atom stereocenters. The number of thiocarbonyl (C=S) groups is 2. The summed E-state index contributed by atoms with van der Waals surface area (Å²) in [6, 6.07) is 37.1. The quantitative estimate of drug-likeness (QED) is 0.229. The zero-order valence-electron chi connectivity index (χ0n) is 24.2. The third kappa shape index (κ3) is 6.89. The van der Waals surface area contributed by atoms with Gasteiger partial charge in [-0.2, -0.15) is 0 Å². The molecule has 212 valence electrons. The molecule has 0 bridgehead atoms. The van der Waals surface area contributed by atoms with Gasteiger partial charge in [-0.05, 0) is 30.9 Å². The number of aliphatic imine (C=N–C) groups is 2. The Morgan fingerprint density at radius 1 is 0.595 bits per heavy atom. The fraction of sp³-hybridized carbons (Fsp3) is 0.222. The maximum atomic E-state index is 5.59. The Labute approximate surface area is 260 Å². The maximum absolute atomic E-state index is 5.59. The predicted molar refractivity (Wildman–Crippen MR) is 187 cm³/mol. The van der Waals surface area contributed by atoms with Gasteiger partial charge in [-0.3, -0.25) is 9.98 Å². The summed E-state index contributed by atoms with van der Waals surface area (Å²) < 4.78 is 0. The first kappa shape index (κ1) is 29.5. The molecule has 0 saturated carbocycles. The number of benzene rings is 4. The summed E-state index contributed by atoms with van der Waals surface area (Å²) in [4.78, 5) is 11.5. The van der Waals surface area contributed by atoms with Crippen molar-refractivity contribution < 1.29 is 0 Å². The van der Waals surface area contributed by atoms with E-state index in [-0.39, 0.29) is 12.1 Å². The molecule has 2 unspecified atom stereocenters. The van der Waals surface area contributed by atoms with Crippen LogP contribution in [0.25, 0.3) is 0 Å². The summed E-state index contributed by atoms with van der Waals surface area (Å²) in [6.07, 6.45) is 1.85. The molecule has 0 spiro atoms. The second kappa shape index (κ2) is 13.8. The highest BCUT2D eigenvalue weighted by Gasteiger charge is 2.24. The van der Waals surface area contributed by atoms with Crippen molar-refractivity contribution in [1.82, 2.24) is 0 Å². The van der Waals surface area contributed by atoms with E-state index in [4.69, 9.17) is 34.4 Å². The third-order valence-corrected chi connectivity index (χ3v) is 7.98. The van der Waals surface area contributed by atoms with Crippen molar-refractivity contribution in [2.24, 2.45) is 15.9 Å². The van der Waals surface area contributed by atoms with Crippen LogP contribution in [0.15, 0.2) is 119 Å². The lowest BCUT2D eigenvalue weighted by Crippen LogP contribution is -2.25. The maximum Gasteiger partial charge on any atom is 0.105 e. The first-order valence-corrected chi connectivity index (χ1v) is 15.3. The summed E-state index contributed by atoms with van der Waals surface area (Å²) >= 11 is 11.1. The molecular weight excluding hydrogens is 553 g/mol. The van der Waals surface area contributed by atoms with Crippen LogP contribution in [-0.4, -0.2) is 33.5 Å². The van der Waals surface area contributed by atoms with E-state index in [1.54, 1.807) is 0 Å². The monoisotopic (exact) mass is 588 g/mol. The Morgan fingerprint density at radius 3 is 1.45 bits per heavy atom. The van der Waals surface area contributed by atoms with E-state index < -0.39 is 0 Å². The van der Waals surface area contributed by atoms with Gasteiger partial charge in [0, 0.05) is 33.6 Å². The number of hydrogen-bond donors (Lipinski definition) is 2. The Balaban J connectivity index is 0.000000169. The van der Waals surface area contributed by atoms with Crippen molar-refractivity contribution in [1.29, 1.82) is 0 Å². The summed E-state index contributed by atoms with van der Waals surface area (Å²) in [7, 11) is 0. The number of anilines is 2. The summed E-state index contributed by atoms with van der Waals surface area (Å²) in [5.41, 5.74) is 8.60. The van der Waals surface area contributed by atoms with Gasteiger partial charge in [-0.1, -0.05) is 142 Å². The molecular formula is C36H36N4S2. The van der Waals surface area contributed by atoms with Crippen molar-refractivity contribution in [3.8, 4) is 0 Å². The summed E-state index contributed by atoms with van der Waals surface area (Å²) in [5.74, 6) is 0.548. The first-order chi connectivity index (χ1) is 20.4. The van der Waals surface area contributed by atoms with Gasteiger partial charge in [0.05, 0.1) is 11.4 Å². The molecule has 4 aromatic rings. The Bertz CT molecular complexity index is 1610. The molecule has 0 fully saturated rings. The third-order valence-electron chi connectivity index (χ3n) is 7.23. The number of benzodiazepines with no additional fused rings is 2. The summed E-state index contributed by atoms with van der Waals surface area (Å²) in [6.45, 7) is 6.53. The van der Waals surface area contributed by atoms with E-state index in [0.29, 0.717) is 5.92 Å². The van der Waals surface area contributed by atoms with Gasteiger partial charge in [0.25, 0.3) is 0 Å². The van der Waals surface area contributed by atoms with Crippen molar-refractivity contribution in [2.75, 3.05) is 10.6 Å². The van der Waals surface area contributed by atoms with Gasteiger partial charge in [0.1, 0.15) is 22.1 Å². The zero-order valence-corrected chi connectivity index (χ0v) is 25.9. The van der Waals surface area contributed by atoms with Gasteiger partial charge < -0.3 is 10.6 Å². The zero-order chi connectivity index (χ0) is 29.5. The lowest BCUT2D eigenvalue weighted by Gasteiger charge is -2.15. The van der Waals surface area contributed by atoms with E-state index >= 15 is 0 Å². The number of nitrogens with one attached hydrogen (secondary N) is 2. The fourth-order valence-corrected chi connectivity index (χ4v) is 5.72. The van der Waals surface area contributed by atoms with Crippen LogP contribution in [0.4, 0.5) is 11.4 Å². The van der Waals surface area contributed by atoms with Crippen LogP contribution < -0.4 is 10.6 Å². The van der Waals surface area contributed by atoms with Crippen molar-refractivity contribution >= 4 is 57.2 Å². The largest absolute Gasteiger partial charge is 0.348 e. The number of nitrogens with zero attached hydrogens (tertiary/aromatic N) is 2. The smallest absolute Gasteiger partial charge is 0.105 e. The molecule has 42 heavy (non-hydrogen) atoms. The minimum absolute atomic E-state index is 0.0256. The van der Waals surface area contributed by atoms with E-state index in [0.717, 1.165) is 67.9 Å². The normalized spacial score (nSPS) is 17.6. The Kier molecular flexibility index (Phi) is 9.67. The molecule has 0 saturated heterocycles. The fourth-order valence-electron chi connectivity index (χ4n) is 5.13. The van der Waals surface area contributed by atoms with Gasteiger partial charge in [-0.25, -0.2) is 0 Å². The predicted octanol–water partition coefficient (Wildman–Crippen LogP) is 8.75. The van der Waals surface area contributed by atoms with Gasteiger partial charge >= 0.3 is 0 Å². The molecule has 6 rings (SSSR count). The molecule has 0 radical (unpaired) electrons. The SMILES string of the molecule is CC(C)CC1N=C(c2ccccc2)c2ccccc2NC1=S.CCC1N=C(c2ccccc2)c2ccccc2NC1=S. The molecule has 2 heterocycles. The van der Waals surface area contributed by atoms with Crippen LogP contribution in [0.3, 0.4) is 0 Å². The number of para-hydroxylation sites is 2. The molecule has 0 amide bonds. The summed E-state index contributed by atoms with van der Waals surface area (Å²) in [5, 5.41) is 6.73. The Morgan fingerprint density at radius 2 is 1.00 bits per heavy atom. The number of fused-ring (bicyclic) bond motifs is 2. The van der Waals surface area contributed by atoms with E-state index in [1.165, 1.54) is 0 Å². The molecule has 0 aliphatic carbocycles. The first-order valence-electron chi connectivity index (χ1n) is 14.5. The second-order valence-electron chi connectivity index (χ2n) is 10.8. The highest BCUT2D eigenvalue weighted by Crippen LogP contribution is 2.27. The number of hydrogen-bond acceptors (Lipinski definition) is 4. The minimum atomic E-state index is 0.0256. The van der Waals surface area contributed by atoms with Crippen molar-refractivity contribution in [2.45, 2.75) is 45.7 Å². The van der Waals surface area contributed by atoms with Crippen LogP contribution in [0.2, 0.25) is 0 Å². The lowest BCUT2D eigenvalue weighted by atomic mass is 10.0. The second-order valence-corrected chi connectivity index (χ2v) is 11.7. The minimum Gasteiger partial charge on any atom is -0.348 e. The lowest BCUT2D eigenvalue weighted by molar-refractivity contribution is 0.564. The molecule has 2 N–H and O–H groups in total. The molecule has 4 nitrogen and oxygen atoms in total. The van der Waals surface area contributed by atoms with Crippen molar-refractivity contribution in [3.63, 3.8) is 0 Å². The Hall–Kier alpha value is -4.00. The molecule has 2 aliphatic rings. The van der Waals surface area contributed by atoms with Gasteiger partial charge in [0.2, 0.25) is 0 Å². The van der Waals surface area contributed by atoms with Crippen LogP contribution in [0.5, 0.6) is 0 Å². The van der Waals surface area contributed by atoms with Crippen LogP contribution >= 0.6 is 24.4 Å². The highest BCUT2D eigenvalue weighted by molar-refractivity contribution is 7.81. The van der Waals surface area contributed by atoms with Crippen LogP contribution in [0.1, 0.15) is 55.9 Å². The standard InChI is InChI=1S/C19H20N2S.C17H16N2S/c1-13(2)12-17-19(22)21-16-11-7-6-10-15(16)18(20-17)14-8-4-3-5-9-14;1-2-14-17(20)19-15-11-7-6-10-13(15)16(18-14)12-8-4-3-5-9-12/h3-11,13,17H,12H2,1-2H3,(H,21,22);3-11,14H,2H2,1H3,(H,19,20). The van der Waals surface area contributed by atoms with E-state index in [9.17, 15) is 0 Å². The van der Waals surface area contributed by atoms with Crippen molar-refractivity contribution in [3.05, 3.63) is 131 Å². The van der Waals surface area contributed by atoms with Crippen LogP contribution in [0, 0.1) is 5.92 Å².